The number of rotatable bonds is 10. The molecule has 0 aliphatic carbocycles. The van der Waals surface area contributed by atoms with Gasteiger partial charge in [-0.25, -0.2) is 0 Å². The van der Waals surface area contributed by atoms with Gasteiger partial charge in [0.2, 0.25) is 0 Å². The van der Waals surface area contributed by atoms with Crippen molar-refractivity contribution < 1.29 is 0 Å². The fourth-order valence-corrected chi connectivity index (χ4v) is 17.1. The van der Waals surface area contributed by atoms with Crippen LogP contribution in [0.3, 0.4) is 0 Å². The summed E-state index contributed by atoms with van der Waals surface area (Å²) in [4.78, 5) is 0. The molecular weight excluding hydrogens is 1300 g/mol. The van der Waals surface area contributed by atoms with Crippen LogP contribution in [0.4, 0.5) is 0 Å². The van der Waals surface area contributed by atoms with Gasteiger partial charge >= 0.3 is 0 Å². The first kappa shape index (κ1) is 61.4. The van der Waals surface area contributed by atoms with Crippen LogP contribution in [0.5, 0.6) is 0 Å². The van der Waals surface area contributed by atoms with Gasteiger partial charge in [0.15, 0.2) is 0 Å². The lowest BCUT2D eigenvalue weighted by Gasteiger charge is -2.17. The Morgan fingerprint density at radius 2 is 0.262 bits per heavy atom. The number of fused-ring (bicyclic) bond motifs is 15. The Hall–Kier alpha value is -14.3. The topological polar surface area (TPSA) is 24.6 Å². The van der Waals surface area contributed by atoms with Crippen molar-refractivity contribution in [2.24, 2.45) is 0 Å². The molecule has 0 atom stereocenters. The van der Waals surface area contributed by atoms with E-state index >= 15 is 0 Å². The van der Waals surface area contributed by atoms with Crippen molar-refractivity contribution in [3.8, 4) is 84.1 Å². The number of aromatic nitrogens is 5. The highest BCUT2D eigenvalue weighted by atomic mass is 15.0. The van der Waals surface area contributed by atoms with Crippen molar-refractivity contribution in [1.82, 2.24) is 22.8 Å². The summed E-state index contributed by atoms with van der Waals surface area (Å²) in [5.41, 5.74) is 29.6. The van der Waals surface area contributed by atoms with E-state index in [1.807, 2.05) is 0 Å². The highest BCUT2D eigenvalue weighted by molar-refractivity contribution is 6.14. The van der Waals surface area contributed by atoms with E-state index in [-0.39, 0.29) is 0 Å². The summed E-state index contributed by atoms with van der Waals surface area (Å²) in [6.45, 7) is 0. The van der Waals surface area contributed by atoms with Gasteiger partial charge in [-0.1, -0.05) is 267 Å². The van der Waals surface area contributed by atoms with Crippen molar-refractivity contribution in [2.75, 3.05) is 0 Å². The molecule has 22 aromatic rings. The number of para-hydroxylation sites is 10. The van der Waals surface area contributed by atoms with Crippen LogP contribution in [0.15, 0.2) is 406 Å². The van der Waals surface area contributed by atoms with Crippen molar-refractivity contribution >= 4 is 109 Å². The largest absolute Gasteiger partial charge is 0.309 e. The van der Waals surface area contributed by atoms with Crippen LogP contribution in [0.25, 0.3) is 193 Å². The first-order chi connectivity index (χ1) is 53.1. The average molecular weight is 1360 g/mol. The highest BCUT2D eigenvalue weighted by Gasteiger charge is 2.21. The van der Waals surface area contributed by atoms with E-state index in [1.54, 1.807) is 0 Å². The Balaban J connectivity index is 0.000000138. The third-order valence-electron chi connectivity index (χ3n) is 21.9. The summed E-state index contributed by atoms with van der Waals surface area (Å²) in [6.07, 6.45) is 0. The van der Waals surface area contributed by atoms with E-state index in [4.69, 9.17) is 0 Å². The molecule has 5 aromatic heterocycles. The van der Waals surface area contributed by atoms with Crippen LogP contribution < -0.4 is 0 Å². The molecule has 0 unspecified atom stereocenters. The standard InChI is InChI=1S/C54H35N3.C48H32N2/c1-7-19-49-43(13-1)44-14-2-8-20-50(44)55(49)40-29-25-36(26-30-40)38-33-39(35-42(34-38)57-53-23-11-5-17-47(53)48-18-6-12-24-54(48)57)37-27-31-41(32-28-37)56-51-21-9-3-15-45(51)46-16-4-10-22-52(46)56;1-3-15-33(16-4-1)35-27-36(34-17-5-2-6-18-34)29-37(28-35)38-30-39(49-45-23-11-7-19-41(45)42-20-8-12-24-46(42)49)32-40(31-38)50-47-25-13-9-21-43(47)44-22-10-14-26-48(44)50/h1-35H;1-32H. The molecule has 0 radical (unpaired) electrons. The third kappa shape index (κ3) is 10.3. The van der Waals surface area contributed by atoms with Crippen LogP contribution in [0, 0.1) is 0 Å². The summed E-state index contributed by atoms with van der Waals surface area (Å²) < 4.78 is 12.1. The molecular formula is C102H67N5. The number of hydrogen-bond acceptors (Lipinski definition) is 0. The van der Waals surface area contributed by atoms with Crippen LogP contribution in [-0.2, 0) is 0 Å². The molecule has 5 nitrogen and oxygen atoms in total. The van der Waals surface area contributed by atoms with Crippen LogP contribution in [-0.4, -0.2) is 22.8 Å². The summed E-state index contributed by atoms with van der Waals surface area (Å²) in [6, 6.07) is 148. The van der Waals surface area contributed by atoms with Gasteiger partial charge in [0, 0.05) is 82.3 Å². The maximum absolute atomic E-state index is 2.44. The quantitative estimate of drug-likeness (QED) is 0.130. The van der Waals surface area contributed by atoms with E-state index in [2.05, 4.69) is 429 Å². The molecule has 22 rings (SSSR count). The highest BCUT2D eigenvalue weighted by Crippen LogP contribution is 2.43. The van der Waals surface area contributed by atoms with Gasteiger partial charge in [0.1, 0.15) is 0 Å². The van der Waals surface area contributed by atoms with Gasteiger partial charge in [-0.05, 0) is 195 Å². The third-order valence-corrected chi connectivity index (χ3v) is 21.9. The summed E-state index contributed by atoms with van der Waals surface area (Å²) in [7, 11) is 0. The summed E-state index contributed by atoms with van der Waals surface area (Å²) in [5, 5.41) is 12.6. The Morgan fingerprint density at radius 1 is 0.103 bits per heavy atom. The first-order valence-corrected chi connectivity index (χ1v) is 36.8. The SMILES string of the molecule is c1ccc(-c2cc(-c3ccccc3)cc(-c3cc(-n4c5ccccc5c5ccccc54)cc(-n4c5ccccc5c5ccccc54)c3)c2)cc1.c1ccc2c(c1)c1ccccc1n2-c1ccc(-c2cc(-c3ccc(-n4c5ccccc5c5ccccc54)cc3)cc(-n3c4ccccc4c4ccccc43)c2)cc1. The normalized spacial score (nSPS) is 11.7. The molecule has 17 aromatic carbocycles. The van der Waals surface area contributed by atoms with Gasteiger partial charge in [0.25, 0.3) is 0 Å². The molecule has 0 saturated carbocycles. The van der Waals surface area contributed by atoms with E-state index in [0.717, 1.165) is 34.0 Å². The second kappa shape index (κ2) is 25.3. The van der Waals surface area contributed by atoms with Crippen molar-refractivity contribution in [1.29, 1.82) is 0 Å². The maximum atomic E-state index is 2.44. The van der Waals surface area contributed by atoms with Crippen molar-refractivity contribution in [3.05, 3.63) is 406 Å². The van der Waals surface area contributed by atoms with E-state index in [9.17, 15) is 0 Å². The average Bonchev–Trinajstić information content (AvgIpc) is 1.60. The second-order valence-electron chi connectivity index (χ2n) is 28.0. The van der Waals surface area contributed by atoms with Crippen molar-refractivity contribution in [2.45, 2.75) is 0 Å². The molecule has 0 aliphatic rings. The summed E-state index contributed by atoms with van der Waals surface area (Å²) >= 11 is 0. The molecule has 0 aliphatic heterocycles. The fraction of sp³-hybridized carbons (Fsp3) is 0. The monoisotopic (exact) mass is 1360 g/mol. The molecule has 5 heteroatoms. The fourth-order valence-electron chi connectivity index (χ4n) is 17.1. The molecule has 0 amide bonds. The molecule has 5 heterocycles. The molecule has 0 bridgehead atoms. The van der Waals surface area contributed by atoms with Crippen LogP contribution in [0.2, 0.25) is 0 Å². The predicted octanol–water partition coefficient (Wildman–Crippen LogP) is 27.2. The molecule has 107 heavy (non-hydrogen) atoms. The lowest BCUT2D eigenvalue weighted by Crippen LogP contribution is -2.00. The minimum atomic E-state index is 1.13. The van der Waals surface area contributed by atoms with E-state index in [1.165, 1.54) is 159 Å². The van der Waals surface area contributed by atoms with Crippen LogP contribution in [0.1, 0.15) is 0 Å². The van der Waals surface area contributed by atoms with E-state index < -0.39 is 0 Å². The van der Waals surface area contributed by atoms with Crippen LogP contribution >= 0.6 is 0 Å². The molecule has 0 N–H and O–H groups in total. The lowest BCUT2D eigenvalue weighted by atomic mass is 9.93. The zero-order chi connectivity index (χ0) is 70.5. The molecule has 0 saturated heterocycles. The Bertz CT molecular complexity index is 6590. The minimum absolute atomic E-state index is 1.13. The van der Waals surface area contributed by atoms with Gasteiger partial charge in [0.05, 0.1) is 55.2 Å². The first-order valence-electron chi connectivity index (χ1n) is 36.8. The number of benzene rings is 17. The molecule has 0 spiro atoms. The summed E-state index contributed by atoms with van der Waals surface area (Å²) in [5.74, 6) is 0. The smallest absolute Gasteiger partial charge is 0.0541 e. The Morgan fingerprint density at radius 3 is 0.495 bits per heavy atom. The van der Waals surface area contributed by atoms with Gasteiger partial charge in [-0.15, -0.1) is 0 Å². The molecule has 0 fully saturated rings. The lowest BCUT2D eigenvalue weighted by molar-refractivity contribution is 1.13. The number of nitrogens with zero attached hydrogens (tertiary/aromatic N) is 5. The Labute approximate surface area is 618 Å². The maximum Gasteiger partial charge on any atom is 0.0541 e. The van der Waals surface area contributed by atoms with E-state index in [0.29, 0.717) is 0 Å². The number of hydrogen-bond donors (Lipinski definition) is 0. The molecule has 500 valence electrons. The van der Waals surface area contributed by atoms with Gasteiger partial charge < -0.3 is 22.8 Å². The van der Waals surface area contributed by atoms with Gasteiger partial charge in [-0.2, -0.15) is 0 Å². The minimum Gasteiger partial charge on any atom is -0.309 e. The zero-order valence-electron chi connectivity index (χ0n) is 58.4. The van der Waals surface area contributed by atoms with Gasteiger partial charge in [-0.3, -0.25) is 0 Å². The predicted molar refractivity (Wildman–Crippen MR) is 452 cm³/mol. The second-order valence-corrected chi connectivity index (χ2v) is 28.0. The zero-order valence-corrected chi connectivity index (χ0v) is 58.4. The Kier molecular flexibility index (Phi) is 14.5. The van der Waals surface area contributed by atoms with Crippen molar-refractivity contribution in [3.63, 3.8) is 0 Å².